The first-order valence-corrected chi connectivity index (χ1v) is 3.82. The van der Waals surface area contributed by atoms with Gasteiger partial charge in [0.1, 0.15) is 11.3 Å². The number of H-pyrrole nitrogens is 1. The molecule has 0 atom stereocenters. The Hall–Kier alpha value is -1.58. The molecule has 0 amide bonds. The third-order valence-corrected chi connectivity index (χ3v) is 1.59. The van der Waals surface area contributed by atoms with Gasteiger partial charge in [0.25, 0.3) is 0 Å². The number of rotatable bonds is 2. The third-order valence-electron chi connectivity index (χ3n) is 1.59. The molecule has 0 spiro atoms. The number of aromatic amines is 1. The summed E-state index contributed by atoms with van der Waals surface area (Å²) in [4.78, 5) is 11.1. The van der Waals surface area contributed by atoms with Gasteiger partial charge in [0.15, 0.2) is 5.65 Å². The van der Waals surface area contributed by atoms with E-state index < -0.39 is 0 Å². The van der Waals surface area contributed by atoms with Crippen molar-refractivity contribution in [1.82, 2.24) is 15.0 Å². The second kappa shape index (κ2) is 2.81. The predicted octanol–water partition coefficient (Wildman–Crippen LogP) is 1.36. The molecule has 2 aromatic heterocycles. The molecule has 2 aromatic rings. The number of imidazole rings is 1. The van der Waals surface area contributed by atoms with Crippen molar-refractivity contribution in [2.75, 3.05) is 6.61 Å². The monoisotopic (exact) mass is 163 g/mol. The van der Waals surface area contributed by atoms with Crippen LogP contribution in [0.4, 0.5) is 0 Å². The van der Waals surface area contributed by atoms with Crippen LogP contribution in [0.1, 0.15) is 6.92 Å². The molecule has 12 heavy (non-hydrogen) atoms. The van der Waals surface area contributed by atoms with Gasteiger partial charge in [-0.2, -0.15) is 0 Å². The normalized spacial score (nSPS) is 10.4. The standard InChI is InChI=1S/C8H9N3O/c1-2-12-6-3-4-9-8-7(6)10-5-11-8/h3-5H,2H2,1H3,(H,9,10,11). The van der Waals surface area contributed by atoms with Gasteiger partial charge in [-0.1, -0.05) is 0 Å². The highest BCUT2D eigenvalue weighted by Crippen LogP contribution is 2.19. The Kier molecular flexibility index (Phi) is 1.66. The van der Waals surface area contributed by atoms with E-state index in [0.717, 1.165) is 11.3 Å². The Labute approximate surface area is 69.6 Å². The van der Waals surface area contributed by atoms with Crippen LogP contribution in [0.2, 0.25) is 0 Å². The Morgan fingerprint density at radius 1 is 1.50 bits per heavy atom. The van der Waals surface area contributed by atoms with Crippen molar-refractivity contribution in [3.05, 3.63) is 18.6 Å². The van der Waals surface area contributed by atoms with E-state index in [-0.39, 0.29) is 0 Å². The second-order valence-electron chi connectivity index (χ2n) is 2.34. The summed E-state index contributed by atoms with van der Waals surface area (Å²) in [7, 11) is 0. The molecule has 1 N–H and O–H groups in total. The molecule has 0 saturated heterocycles. The molecule has 0 aliphatic heterocycles. The Morgan fingerprint density at radius 3 is 3.25 bits per heavy atom. The molecule has 0 unspecified atom stereocenters. The first-order chi connectivity index (χ1) is 5.92. The van der Waals surface area contributed by atoms with Crippen LogP contribution in [0.15, 0.2) is 18.6 Å². The van der Waals surface area contributed by atoms with E-state index in [1.165, 1.54) is 0 Å². The van der Waals surface area contributed by atoms with E-state index in [1.54, 1.807) is 12.5 Å². The average molecular weight is 163 g/mol. The van der Waals surface area contributed by atoms with Crippen LogP contribution < -0.4 is 4.74 Å². The van der Waals surface area contributed by atoms with Crippen LogP contribution >= 0.6 is 0 Å². The molecule has 0 aliphatic rings. The zero-order valence-electron chi connectivity index (χ0n) is 6.74. The number of fused-ring (bicyclic) bond motifs is 1. The molecular weight excluding hydrogens is 154 g/mol. The Bertz CT molecular complexity index is 382. The number of aromatic nitrogens is 3. The lowest BCUT2D eigenvalue weighted by molar-refractivity contribution is 0.343. The first kappa shape index (κ1) is 7.09. The van der Waals surface area contributed by atoms with Gasteiger partial charge in [0, 0.05) is 12.3 Å². The smallest absolute Gasteiger partial charge is 0.181 e. The van der Waals surface area contributed by atoms with E-state index >= 15 is 0 Å². The molecular formula is C8H9N3O. The molecule has 4 nitrogen and oxygen atoms in total. The van der Waals surface area contributed by atoms with E-state index in [4.69, 9.17) is 4.74 Å². The quantitative estimate of drug-likeness (QED) is 0.727. The highest BCUT2D eigenvalue weighted by Gasteiger charge is 2.02. The number of hydrogen-bond acceptors (Lipinski definition) is 3. The minimum atomic E-state index is 0.651. The van der Waals surface area contributed by atoms with Crippen molar-refractivity contribution < 1.29 is 4.74 Å². The first-order valence-electron chi connectivity index (χ1n) is 3.82. The zero-order valence-corrected chi connectivity index (χ0v) is 6.74. The number of nitrogens with one attached hydrogen (secondary N) is 1. The summed E-state index contributed by atoms with van der Waals surface area (Å²) in [6.07, 6.45) is 3.30. The van der Waals surface area contributed by atoms with E-state index in [0.29, 0.717) is 12.3 Å². The fourth-order valence-corrected chi connectivity index (χ4v) is 1.10. The van der Waals surface area contributed by atoms with Gasteiger partial charge < -0.3 is 9.72 Å². The Morgan fingerprint density at radius 2 is 2.42 bits per heavy atom. The third kappa shape index (κ3) is 1.01. The molecule has 2 rings (SSSR count). The summed E-state index contributed by atoms with van der Waals surface area (Å²) < 4.78 is 5.37. The summed E-state index contributed by atoms with van der Waals surface area (Å²) in [5, 5.41) is 0. The number of ether oxygens (including phenoxy) is 1. The lowest BCUT2D eigenvalue weighted by atomic mass is 10.4. The summed E-state index contributed by atoms with van der Waals surface area (Å²) >= 11 is 0. The van der Waals surface area contributed by atoms with E-state index in [9.17, 15) is 0 Å². The van der Waals surface area contributed by atoms with Crippen LogP contribution in [0, 0.1) is 0 Å². The van der Waals surface area contributed by atoms with Crippen molar-refractivity contribution in [2.45, 2.75) is 6.92 Å². The van der Waals surface area contributed by atoms with Crippen molar-refractivity contribution in [1.29, 1.82) is 0 Å². The minimum absolute atomic E-state index is 0.651. The molecule has 0 aliphatic carbocycles. The van der Waals surface area contributed by atoms with Gasteiger partial charge in [0.05, 0.1) is 12.9 Å². The highest BCUT2D eigenvalue weighted by atomic mass is 16.5. The molecule has 0 aromatic carbocycles. The minimum Gasteiger partial charge on any atom is -0.491 e. The van der Waals surface area contributed by atoms with Crippen molar-refractivity contribution in [3.63, 3.8) is 0 Å². The van der Waals surface area contributed by atoms with Gasteiger partial charge >= 0.3 is 0 Å². The van der Waals surface area contributed by atoms with E-state index in [2.05, 4.69) is 15.0 Å². The van der Waals surface area contributed by atoms with Gasteiger partial charge in [-0.15, -0.1) is 0 Å². The maximum Gasteiger partial charge on any atom is 0.181 e. The second-order valence-corrected chi connectivity index (χ2v) is 2.34. The van der Waals surface area contributed by atoms with Crippen LogP contribution in [0.25, 0.3) is 11.2 Å². The predicted molar refractivity (Wildman–Crippen MR) is 45.1 cm³/mol. The molecule has 0 fully saturated rings. The van der Waals surface area contributed by atoms with Crippen LogP contribution in [0.5, 0.6) is 5.75 Å². The van der Waals surface area contributed by atoms with Crippen molar-refractivity contribution >= 4 is 11.2 Å². The van der Waals surface area contributed by atoms with Crippen molar-refractivity contribution in [2.24, 2.45) is 0 Å². The highest BCUT2D eigenvalue weighted by molar-refractivity contribution is 5.76. The fraction of sp³-hybridized carbons (Fsp3) is 0.250. The summed E-state index contributed by atoms with van der Waals surface area (Å²) in [5.74, 6) is 0.806. The number of pyridine rings is 1. The summed E-state index contributed by atoms with van der Waals surface area (Å²) in [6, 6.07) is 1.82. The SMILES string of the molecule is CCOc1ccnc2nc[nH]c12. The zero-order chi connectivity index (χ0) is 8.39. The maximum atomic E-state index is 5.37. The molecule has 2 heterocycles. The van der Waals surface area contributed by atoms with Crippen LogP contribution in [-0.4, -0.2) is 21.6 Å². The summed E-state index contributed by atoms with van der Waals surface area (Å²) in [5.41, 5.74) is 1.56. The average Bonchev–Trinajstić information content (AvgIpc) is 2.53. The van der Waals surface area contributed by atoms with Crippen LogP contribution in [-0.2, 0) is 0 Å². The van der Waals surface area contributed by atoms with Gasteiger partial charge in [0.2, 0.25) is 0 Å². The molecule has 0 radical (unpaired) electrons. The maximum absolute atomic E-state index is 5.37. The number of nitrogens with zero attached hydrogens (tertiary/aromatic N) is 2. The molecule has 0 saturated carbocycles. The molecule has 62 valence electrons. The molecule has 4 heteroatoms. The lowest BCUT2D eigenvalue weighted by Gasteiger charge is -2.01. The molecule has 0 bridgehead atoms. The largest absolute Gasteiger partial charge is 0.491 e. The Balaban J connectivity index is 2.57. The van der Waals surface area contributed by atoms with Crippen molar-refractivity contribution in [3.8, 4) is 5.75 Å². The van der Waals surface area contributed by atoms with Crippen LogP contribution in [0.3, 0.4) is 0 Å². The van der Waals surface area contributed by atoms with Gasteiger partial charge in [-0.05, 0) is 6.92 Å². The number of hydrogen-bond donors (Lipinski definition) is 1. The fourth-order valence-electron chi connectivity index (χ4n) is 1.10. The van der Waals surface area contributed by atoms with E-state index in [1.807, 2.05) is 13.0 Å². The van der Waals surface area contributed by atoms with Gasteiger partial charge in [-0.3, -0.25) is 0 Å². The topological polar surface area (TPSA) is 50.8 Å². The summed E-state index contributed by atoms with van der Waals surface area (Å²) in [6.45, 7) is 2.60. The van der Waals surface area contributed by atoms with Gasteiger partial charge in [-0.25, -0.2) is 9.97 Å². The lowest BCUT2D eigenvalue weighted by Crippen LogP contribution is -1.92.